The summed E-state index contributed by atoms with van der Waals surface area (Å²) in [5.41, 5.74) is 1.75. The molecule has 1 aromatic carbocycles. The monoisotopic (exact) mass is 306 g/mol. The van der Waals surface area contributed by atoms with Crippen molar-refractivity contribution in [3.05, 3.63) is 45.6 Å². The van der Waals surface area contributed by atoms with Crippen molar-refractivity contribution in [3.8, 4) is 11.5 Å². The van der Waals surface area contributed by atoms with E-state index in [1.807, 2.05) is 18.4 Å². The molecule has 5 heteroatoms. The lowest BCUT2D eigenvalue weighted by Crippen LogP contribution is -2.15. The number of carboxylic acids is 1. The van der Waals surface area contributed by atoms with Gasteiger partial charge in [-0.15, -0.1) is 11.3 Å². The summed E-state index contributed by atoms with van der Waals surface area (Å²) in [4.78, 5) is 12.8. The Hall–Kier alpha value is -2.01. The molecule has 1 unspecified atom stereocenters. The number of aryl methyl sites for hydroxylation is 1. The van der Waals surface area contributed by atoms with Gasteiger partial charge in [0.2, 0.25) is 0 Å². The topological polar surface area (TPSA) is 55.8 Å². The molecule has 0 spiro atoms. The van der Waals surface area contributed by atoms with Crippen molar-refractivity contribution in [3.63, 3.8) is 0 Å². The average Bonchev–Trinajstić information content (AvgIpc) is 2.89. The number of carbonyl (C=O) groups is 1. The molecule has 0 aliphatic carbocycles. The smallest absolute Gasteiger partial charge is 0.311 e. The molecule has 0 bridgehead atoms. The maximum atomic E-state index is 11.7. The second-order valence-electron chi connectivity index (χ2n) is 4.73. The maximum absolute atomic E-state index is 11.7. The predicted octanol–water partition coefficient (Wildman–Crippen LogP) is 3.48. The minimum absolute atomic E-state index is 0.447. The molecule has 1 N–H and O–H groups in total. The van der Waals surface area contributed by atoms with Crippen LogP contribution in [0.4, 0.5) is 0 Å². The van der Waals surface area contributed by atoms with Gasteiger partial charge in [0.05, 0.1) is 20.1 Å². The molecule has 0 radical (unpaired) electrons. The summed E-state index contributed by atoms with van der Waals surface area (Å²) >= 11 is 1.58. The Labute approximate surface area is 128 Å². The lowest BCUT2D eigenvalue weighted by molar-refractivity contribution is -0.138. The summed E-state index contributed by atoms with van der Waals surface area (Å²) in [7, 11) is 3.10. The van der Waals surface area contributed by atoms with Crippen LogP contribution in [-0.4, -0.2) is 25.3 Å². The first kappa shape index (κ1) is 15.4. The highest BCUT2D eigenvalue weighted by molar-refractivity contribution is 7.10. The van der Waals surface area contributed by atoms with Gasteiger partial charge in [-0.05, 0) is 48.6 Å². The van der Waals surface area contributed by atoms with Crippen LogP contribution in [0.5, 0.6) is 11.5 Å². The van der Waals surface area contributed by atoms with E-state index in [0.717, 1.165) is 10.4 Å². The fraction of sp³-hybridized carbons (Fsp3) is 0.312. The van der Waals surface area contributed by atoms with Crippen LogP contribution in [-0.2, 0) is 11.2 Å². The number of methoxy groups -OCH3 is 2. The van der Waals surface area contributed by atoms with Crippen LogP contribution in [0.15, 0.2) is 29.6 Å². The maximum Gasteiger partial charge on any atom is 0.311 e. The van der Waals surface area contributed by atoms with Crippen LogP contribution in [0.25, 0.3) is 0 Å². The zero-order valence-electron chi connectivity index (χ0n) is 12.3. The average molecular weight is 306 g/mol. The van der Waals surface area contributed by atoms with Gasteiger partial charge in [0.1, 0.15) is 11.5 Å². The first-order chi connectivity index (χ1) is 10.1. The van der Waals surface area contributed by atoms with Crippen LogP contribution in [0.1, 0.15) is 21.9 Å². The van der Waals surface area contributed by atoms with Crippen LogP contribution in [0.2, 0.25) is 0 Å². The molecule has 1 heterocycles. The Morgan fingerprint density at radius 1 is 1.29 bits per heavy atom. The van der Waals surface area contributed by atoms with Gasteiger partial charge in [0.25, 0.3) is 0 Å². The van der Waals surface area contributed by atoms with Crippen molar-refractivity contribution >= 4 is 17.3 Å². The number of ether oxygens (including phenoxy) is 2. The van der Waals surface area contributed by atoms with Crippen molar-refractivity contribution in [2.75, 3.05) is 14.2 Å². The molecule has 0 saturated heterocycles. The molecule has 2 rings (SSSR count). The molecule has 112 valence electrons. The van der Waals surface area contributed by atoms with Crippen LogP contribution in [0.3, 0.4) is 0 Å². The zero-order valence-corrected chi connectivity index (χ0v) is 13.1. The second-order valence-corrected chi connectivity index (χ2v) is 5.73. The highest BCUT2D eigenvalue weighted by atomic mass is 32.1. The van der Waals surface area contributed by atoms with E-state index in [9.17, 15) is 9.90 Å². The third-order valence-electron chi connectivity index (χ3n) is 3.47. The molecule has 0 aliphatic rings. The van der Waals surface area contributed by atoms with Gasteiger partial charge in [0.15, 0.2) is 0 Å². The summed E-state index contributed by atoms with van der Waals surface area (Å²) in [5.74, 6) is -0.334. The Bertz CT molecular complexity index is 633. The number of hydrogen-bond donors (Lipinski definition) is 1. The fourth-order valence-electron chi connectivity index (χ4n) is 2.24. The Kier molecular flexibility index (Phi) is 4.85. The molecule has 4 nitrogen and oxygen atoms in total. The van der Waals surface area contributed by atoms with E-state index in [0.29, 0.717) is 23.5 Å². The van der Waals surface area contributed by atoms with Crippen molar-refractivity contribution in [1.29, 1.82) is 0 Å². The number of thiophene rings is 1. The van der Waals surface area contributed by atoms with Crippen molar-refractivity contribution in [2.45, 2.75) is 19.3 Å². The summed E-state index contributed by atoms with van der Waals surface area (Å²) in [6.45, 7) is 1.99. The van der Waals surface area contributed by atoms with Gasteiger partial charge in [-0.1, -0.05) is 0 Å². The molecule has 0 aliphatic heterocycles. The number of rotatable bonds is 6. The van der Waals surface area contributed by atoms with E-state index in [-0.39, 0.29) is 0 Å². The molecular formula is C16H18O4S. The quantitative estimate of drug-likeness (QED) is 0.887. The number of aliphatic carboxylic acids is 1. The molecule has 1 aromatic heterocycles. The Balaban J connectivity index is 2.42. The Morgan fingerprint density at radius 2 is 2.05 bits per heavy atom. The number of hydrogen-bond acceptors (Lipinski definition) is 4. The molecule has 1 atom stereocenters. The van der Waals surface area contributed by atoms with Gasteiger partial charge in [-0.2, -0.15) is 0 Å². The summed E-state index contributed by atoms with van der Waals surface area (Å²) in [6, 6.07) is 7.24. The van der Waals surface area contributed by atoms with Crippen LogP contribution >= 0.6 is 11.3 Å². The SMILES string of the molecule is COc1ccc(OC)c(C(Cc2sccc2C)C(=O)O)c1. The number of carboxylic acid groups (broad SMARTS) is 1. The standard InChI is InChI=1S/C16H18O4S/c1-10-6-7-21-15(10)9-13(16(17)18)12-8-11(19-2)4-5-14(12)20-3/h4-8,13H,9H2,1-3H3,(H,17,18). The lowest BCUT2D eigenvalue weighted by Gasteiger charge is -2.17. The van der Waals surface area contributed by atoms with Gasteiger partial charge in [0, 0.05) is 10.4 Å². The summed E-state index contributed by atoms with van der Waals surface area (Å²) in [5, 5.41) is 11.6. The third kappa shape index (κ3) is 3.36. The predicted molar refractivity (Wildman–Crippen MR) is 82.7 cm³/mol. The summed E-state index contributed by atoms with van der Waals surface area (Å²) in [6.07, 6.45) is 0.447. The zero-order chi connectivity index (χ0) is 15.4. The van der Waals surface area contributed by atoms with Crippen LogP contribution in [0, 0.1) is 6.92 Å². The lowest BCUT2D eigenvalue weighted by atomic mass is 9.93. The first-order valence-corrected chi connectivity index (χ1v) is 7.42. The van der Waals surface area contributed by atoms with Crippen molar-refractivity contribution < 1.29 is 19.4 Å². The van der Waals surface area contributed by atoms with E-state index in [1.54, 1.807) is 43.8 Å². The van der Waals surface area contributed by atoms with Crippen molar-refractivity contribution in [1.82, 2.24) is 0 Å². The van der Waals surface area contributed by atoms with E-state index >= 15 is 0 Å². The molecular weight excluding hydrogens is 288 g/mol. The third-order valence-corrected chi connectivity index (χ3v) is 4.51. The Morgan fingerprint density at radius 3 is 2.57 bits per heavy atom. The van der Waals surface area contributed by atoms with E-state index in [2.05, 4.69) is 0 Å². The minimum atomic E-state index is -0.866. The van der Waals surface area contributed by atoms with E-state index < -0.39 is 11.9 Å². The summed E-state index contributed by atoms with van der Waals surface area (Å²) < 4.78 is 10.5. The van der Waals surface area contributed by atoms with Gasteiger partial charge < -0.3 is 14.6 Å². The molecule has 0 amide bonds. The first-order valence-electron chi connectivity index (χ1n) is 6.54. The normalized spacial score (nSPS) is 12.0. The van der Waals surface area contributed by atoms with Crippen LogP contribution < -0.4 is 9.47 Å². The molecule has 0 saturated carbocycles. The van der Waals surface area contributed by atoms with E-state index in [1.165, 1.54) is 0 Å². The molecule has 21 heavy (non-hydrogen) atoms. The molecule has 0 fully saturated rings. The van der Waals surface area contributed by atoms with Gasteiger partial charge >= 0.3 is 5.97 Å². The van der Waals surface area contributed by atoms with Gasteiger partial charge in [-0.3, -0.25) is 4.79 Å². The highest BCUT2D eigenvalue weighted by Crippen LogP contribution is 2.34. The van der Waals surface area contributed by atoms with E-state index in [4.69, 9.17) is 9.47 Å². The number of benzene rings is 1. The highest BCUT2D eigenvalue weighted by Gasteiger charge is 2.25. The van der Waals surface area contributed by atoms with Gasteiger partial charge in [-0.25, -0.2) is 0 Å². The largest absolute Gasteiger partial charge is 0.497 e. The second kappa shape index (κ2) is 6.63. The van der Waals surface area contributed by atoms with Crippen molar-refractivity contribution in [2.24, 2.45) is 0 Å². The minimum Gasteiger partial charge on any atom is -0.497 e. The molecule has 2 aromatic rings. The fourth-order valence-corrected chi connectivity index (χ4v) is 3.19.